The van der Waals surface area contributed by atoms with Crippen LogP contribution in [0.25, 0.3) is 0 Å². The van der Waals surface area contributed by atoms with Gasteiger partial charge in [0.05, 0.1) is 46.7 Å². The van der Waals surface area contributed by atoms with E-state index in [0.29, 0.717) is 33.8 Å². The zero-order valence-electron chi connectivity index (χ0n) is 40.3. The Bertz CT molecular complexity index is 2440. The Morgan fingerprint density at radius 2 is 1.48 bits per heavy atom. The van der Waals surface area contributed by atoms with E-state index in [4.69, 9.17) is 36.8 Å². The van der Waals surface area contributed by atoms with Crippen LogP contribution in [0.3, 0.4) is 0 Å². The first-order chi connectivity index (χ1) is 31.9. The molecule has 4 aromatic carbocycles. The molecule has 0 radical (unpaired) electrons. The molecule has 5 aromatic rings. The van der Waals surface area contributed by atoms with Gasteiger partial charge in [-0.3, -0.25) is 9.36 Å². The van der Waals surface area contributed by atoms with E-state index in [9.17, 15) is 17.6 Å². The molecule has 1 amide bonds. The molecule has 1 N–H and O–H groups in total. The monoisotopic (exact) mass is 868 g/mol. The number of carbonyl (C=O) groups excluding carboxylic acids is 1. The van der Waals surface area contributed by atoms with Crippen molar-refractivity contribution in [3.63, 3.8) is 0 Å². The summed E-state index contributed by atoms with van der Waals surface area (Å²) in [5.41, 5.74) is -1.02. The number of nitrogens with one attached hydrogen (secondary N) is 1. The molecule has 1 saturated heterocycles. The molecule has 1 fully saturated rings. The topological polar surface area (TPSA) is 156 Å². The summed E-state index contributed by atoms with van der Waals surface area (Å²) in [5, 5.41) is 12.1. The normalized spacial score (nSPS) is 19.8. The summed E-state index contributed by atoms with van der Waals surface area (Å²) in [6.45, 7) is 4.55. The number of methoxy groups -OCH3 is 3. The van der Waals surface area contributed by atoms with E-state index >= 15 is 0 Å². The number of benzene rings is 4. The number of nitrogens with zero attached hydrogens (tertiary/aromatic N) is 4. The van der Waals surface area contributed by atoms with Gasteiger partial charge in [0, 0.05) is 30.9 Å². The molecule has 5 atom stereocenters. The molecule has 15 heteroatoms. The first kappa shape index (κ1) is 39.4. The standard InChI is InChI=1S/C47H54N5O9P/c1-32(2)52(33(3)4)62(59-30-14-28-48)61-42-40(60-45(43(42)57-7)51-29-27-41(50-46(51)54)49-44(53)34-15-10-8-11-16-34)31-58-47(35-17-12-9-13-18-35,36-19-23-38(55-5)24-20-36)37-21-25-39(56-6)26-22-37/h8-13,15-27,29,32-33,40,42-43,45H,14,30-31H2,1-7H3,(H,49,50,53,54)/t40-,42-,43-,45-,62?/m1/s1/i7D3,31D2. The summed E-state index contributed by atoms with van der Waals surface area (Å²) in [7, 11) is -2.34. The SMILES string of the molecule is [2H]C([2H])([2H])O[C@@H]1[C@H](OP(OCCC#N)N(C(C)C)C(C)C)[C@@H](C([2H])([2H])OC(c2ccccc2)(c2ccc(OC)cc2)c2ccc(OC)cc2)O[C@H]1n1ccc(NC(=O)c2ccccc2)nc1=O. The van der Waals surface area contributed by atoms with Crippen molar-refractivity contribution in [2.24, 2.45) is 0 Å². The molecular formula is C47H54N5O9P. The van der Waals surface area contributed by atoms with Crippen LogP contribution in [0, 0.1) is 11.3 Å². The highest BCUT2D eigenvalue weighted by Crippen LogP contribution is 2.51. The van der Waals surface area contributed by atoms with E-state index in [1.54, 1.807) is 103 Å². The Kier molecular flexibility index (Phi) is 13.7. The van der Waals surface area contributed by atoms with Gasteiger partial charge in [0.15, 0.2) is 6.23 Å². The maximum absolute atomic E-state index is 14.1. The van der Waals surface area contributed by atoms with Crippen LogP contribution in [-0.4, -0.2) is 84.9 Å². The third kappa shape index (κ3) is 10.4. The van der Waals surface area contributed by atoms with E-state index in [1.165, 1.54) is 26.5 Å². The van der Waals surface area contributed by atoms with Gasteiger partial charge >= 0.3 is 5.69 Å². The maximum Gasteiger partial charge on any atom is 0.351 e. The van der Waals surface area contributed by atoms with Gasteiger partial charge in [0.25, 0.3) is 14.4 Å². The number of hydrogen-bond acceptors (Lipinski definition) is 12. The van der Waals surface area contributed by atoms with Crippen molar-refractivity contribution in [1.29, 1.82) is 5.26 Å². The smallest absolute Gasteiger partial charge is 0.351 e. The van der Waals surface area contributed by atoms with Crippen LogP contribution in [-0.2, 0) is 28.9 Å². The first-order valence-electron chi connectivity index (χ1n) is 22.5. The Morgan fingerprint density at radius 1 is 0.903 bits per heavy atom. The van der Waals surface area contributed by atoms with Crippen molar-refractivity contribution in [3.8, 4) is 17.6 Å². The minimum Gasteiger partial charge on any atom is -0.497 e. The summed E-state index contributed by atoms with van der Waals surface area (Å²) in [6.07, 6.45) is -5.85. The van der Waals surface area contributed by atoms with Crippen molar-refractivity contribution < 1.29 is 44.4 Å². The van der Waals surface area contributed by atoms with Gasteiger partial charge in [-0.1, -0.05) is 72.8 Å². The Morgan fingerprint density at radius 3 is 2.02 bits per heavy atom. The van der Waals surface area contributed by atoms with Crippen LogP contribution in [0.1, 0.15) is 74.2 Å². The van der Waals surface area contributed by atoms with Crippen LogP contribution < -0.4 is 20.5 Å². The number of rotatable bonds is 20. The van der Waals surface area contributed by atoms with Gasteiger partial charge in [-0.25, -0.2) is 9.46 Å². The number of nitriles is 1. The molecule has 1 aromatic heterocycles. The fraction of sp³-hybridized carbons (Fsp3) is 0.362. The lowest BCUT2D eigenvalue weighted by Gasteiger charge is -2.39. The molecule has 62 heavy (non-hydrogen) atoms. The van der Waals surface area contributed by atoms with Gasteiger partial charge in [0.1, 0.15) is 41.2 Å². The van der Waals surface area contributed by atoms with E-state index in [-0.39, 0.29) is 30.9 Å². The highest BCUT2D eigenvalue weighted by Gasteiger charge is 2.51. The quantitative estimate of drug-likeness (QED) is 0.0457. The summed E-state index contributed by atoms with van der Waals surface area (Å²) < 4.78 is 91.4. The van der Waals surface area contributed by atoms with Crippen molar-refractivity contribution in [3.05, 3.63) is 154 Å². The average molecular weight is 869 g/mol. The van der Waals surface area contributed by atoms with Crippen molar-refractivity contribution in [1.82, 2.24) is 14.2 Å². The van der Waals surface area contributed by atoms with Crippen LogP contribution in [0.4, 0.5) is 5.82 Å². The number of aromatic nitrogens is 2. The summed E-state index contributed by atoms with van der Waals surface area (Å²) in [5.74, 6) is 0.399. The van der Waals surface area contributed by atoms with Crippen molar-refractivity contribution in [2.75, 3.05) is 39.7 Å². The molecule has 1 aliphatic heterocycles. The second-order valence-corrected chi connectivity index (χ2v) is 16.1. The first-order valence-corrected chi connectivity index (χ1v) is 21.1. The van der Waals surface area contributed by atoms with Crippen LogP contribution in [0.2, 0.25) is 0 Å². The van der Waals surface area contributed by atoms with Gasteiger partial charge in [-0.2, -0.15) is 10.2 Å². The summed E-state index contributed by atoms with van der Waals surface area (Å²) in [4.78, 5) is 31.2. The molecule has 326 valence electrons. The predicted octanol–water partition coefficient (Wildman–Crippen LogP) is 8.10. The lowest BCUT2D eigenvalue weighted by molar-refractivity contribution is -0.0957. The molecule has 0 spiro atoms. The summed E-state index contributed by atoms with van der Waals surface area (Å²) in [6, 6.07) is 34.0. The molecule has 6 rings (SSSR count). The lowest BCUT2D eigenvalue weighted by atomic mass is 9.80. The molecular weight excluding hydrogens is 810 g/mol. The van der Waals surface area contributed by atoms with Crippen molar-refractivity contribution in [2.45, 2.75) is 76.3 Å². The molecule has 0 bridgehead atoms. The minimum atomic E-state index is -3.16. The van der Waals surface area contributed by atoms with E-state index < -0.39 is 63.9 Å². The number of carbonyl (C=O) groups is 1. The fourth-order valence-electron chi connectivity index (χ4n) is 7.20. The van der Waals surface area contributed by atoms with E-state index in [1.807, 2.05) is 38.4 Å². The van der Waals surface area contributed by atoms with Crippen molar-refractivity contribution >= 4 is 20.3 Å². The number of amides is 1. The van der Waals surface area contributed by atoms with Gasteiger partial charge < -0.3 is 38.0 Å². The number of ether oxygens (including phenoxy) is 5. The van der Waals surface area contributed by atoms with Crippen LogP contribution in [0.15, 0.2) is 126 Å². The Hall–Kier alpha value is -5.49. The third-order valence-electron chi connectivity index (χ3n) is 10.1. The molecule has 14 nitrogen and oxygen atoms in total. The molecule has 1 unspecified atom stereocenters. The predicted molar refractivity (Wildman–Crippen MR) is 236 cm³/mol. The number of anilines is 1. The second-order valence-electron chi connectivity index (χ2n) is 14.7. The van der Waals surface area contributed by atoms with Crippen LogP contribution in [0.5, 0.6) is 11.5 Å². The third-order valence-corrected chi connectivity index (χ3v) is 12.2. The Balaban J connectivity index is 1.55. The van der Waals surface area contributed by atoms with Gasteiger partial charge in [0.2, 0.25) is 0 Å². The zero-order chi connectivity index (χ0) is 48.5. The van der Waals surface area contributed by atoms with Gasteiger partial charge in [-0.15, -0.1) is 0 Å². The molecule has 1 aliphatic rings. The lowest BCUT2D eigenvalue weighted by Crippen LogP contribution is -2.43. The van der Waals surface area contributed by atoms with E-state index in [0.717, 1.165) is 4.57 Å². The largest absolute Gasteiger partial charge is 0.497 e. The molecule has 0 saturated carbocycles. The summed E-state index contributed by atoms with van der Waals surface area (Å²) >= 11 is 0. The highest BCUT2D eigenvalue weighted by molar-refractivity contribution is 7.44. The highest BCUT2D eigenvalue weighted by atomic mass is 31.2. The van der Waals surface area contributed by atoms with Crippen LogP contribution >= 0.6 is 8.53 Å². The number of hydrogen-bond donors (Lipinski definition) is 1. The van der Waals surface area contributed by atoms with E-state index in [2.05, 4.69) is 16.4 Å². The fourth-order valence-corrected chi connectivity index (χ4v) is 8.94. The Labute approximate surface area is 371 Å². The second kappa shape index (κ2) is 21.5. The zero-order valence-corrected chi connectivity index (χ0v) is 36.2. The average Bonchev–Trinajstić information content (AvgIpc) is 3.65. The maximum atomic E-state index is 14.1. The minimum absolute atomic E-state index is 0.0177. The molecule has 0 aliphatic carbocycles. The molecule has 2 heterocycles. The van der Waals surface area contributed by atoms with Gasteiger partial charge in [-0.05, 0) is 86.8 Å².